The number of rotatable bonds is 6. The van der Waals surface area contributed by atoms with Crippen LogP contribution in [0.4, 0.5) is 9.59 Å². The Morgan fingerprint density at radius 1 is 1.09 bits per heavy atom. The predicted molar refractivity (Wildman–Crippen MR) is 75.5 cm³/mol. The average molecular weight is 312 g/mol. The number of carbonyl (C=O) groups is 5. The summed E-state index contributed by atoms with van der Waals surface area (Å²) >= 11 is 0. The number of hydrogen-bond acceptors (Lipinski definition) is 5. The fourth-order valence-electron chi connectivity index (χ4n) is 1.78. The molecule has 0 aliphatic carbocycles. The fraction of sp³-hybridized carbons (Fsp3) is 0.615. The van der Waals surface area contributed by atoms with Gasteiger partial charge >= 0.3 is 23.9 Å². The molecule has 9 heteroatoms. The van der Waals surface area contributed by atoms with Crippen LogP contribution in [0.5, 0.6) is 0 Å². The van der Waals surface area contributed by atoms with Crippen molar-refractivity contribution in [1.82, 2.24) is 20.4 Å². The first kappa shape index (κ1) is 17.6. The average Bonchev–Trinajstić information content (AvgIpc) is 2.65. The molecule has 1 fully saturated rings. The molecule has 1 rings (SSSR count). The van der Waals surface area contributed by atoms with Gasteiger partial charge in [-0.3, -0.25) is 24.6 Å². The van der Waals surface area contributed by atoms with Crippen molar-refractivity contribution >= 4 is 29.8 Å². The van der Waals surface area contributed by atoms with Crippen LogP contribution in [0.3, 0.4) is 0 Å². The molecule has 22 heavy (non-hydrogen) atoms. The zero-order valence-corrected chi connectivity index (χ0v) is 12.8. The van der Waals surface area contributed by atoms with Crippen LogP contribution in [0.2, 0.25) is 0 Å². The molecule has 0 aromatic rings. The highest BCUT2D eigenvalue weighted by atomic mass is 16.2. The largest absolute Gasteiger partial charge is 0.335 e. The minimum atomic E-state index is -1.06. The van der Waals surface area contributed by atoms with Crippen molar-refractivity contribution in [1.29, 1.82) is 0 Å². The van der Waals surface area contributed by atoms with Crippen LogP contribution < -0.4 is 10.6 Å². The molecule has 0 saturated carbocycles. The van der Waals surface area contributed by atoms with Crippen LogP contribution in [0, 0.1) is 0 Å². The lowest BCUT2D eigenvalue weighted by molar-refractivity contribution is -0.143. The number of imide groups is 3. The van der Waals surface area contributed by atoms with E-state index in [0.29, 0.717) is 17.7 Å². The Morgan fingerprint density at radius 3 is 2.23 bits per heavy atom. The molecule has 0 bridgehead atoms. The Labute approximate surface area is 128 Å². The molecule has 9 nitrogen and oxygen atoms in total. The Hall–Kier alpha value is -2.45. The molecule has 7 amide bonds. The van der Waals surface area contributed by atoms with E-state index in [2.05, 4.69) is 5.32 Å². The van der Waals surface area contributed by atoms with E-state index in [1.165, 1.54) is 0 Å². The molecular formula is C13H20N4O5. The molecule has 1 aliphatic heterocycles. The molecule has 2 N–H and O–H groups in total. The van der Waals surface area contributed by atoms with Gasteiger partial charge < -0.3 is 5.32 Å². The van der Waals surface area contributed by atoms with Gasteiger partial charge in [-0.1, -0.05) is 13.8 Å². The van der Waals surface area contributed by atoms with Gasteiger partial charge in [0.1, 0.15) is 6.54 Å². The van der Waals surface area contributed by atoms with E-state index in [1.807, 2.05) is 12.2 Å². The van der Waals surface area contributed by atoms with Crippen LogP contribution in [0.1, 0.15) is 33.6 Å². The van der Waals surface area contributed by atoms with Gasteiger partial charge in [0.15, 0.2) is 0 Å². The summed E-state index contributed by atoms with van der Waals surface area (Å²) in [5.74, 6) is -2.85. The van der Waals surface area contributed by atoms with Crippen molar-refractivity contribution in [3.05, 3.63) is 0 Å². The van der Waals surface area contributed by atoms with E-state index in [0.717, 1.165) is 4.90 Å². The van der Waals surface area contributed by atoms with E-state index >= 15 is 0 Å². The van der Waals surface area contributed by atoms with Crippen molar-refractivity contribution in [2.24, 2.45) is 0 Å². The molecule has 1 aliphatic rings. The van der Waals surface area contributed by atoms with Crippen molar-refractivity contribution in [3.8, 4) is 0 Å². The number of nitrogens with zero attached hydrogens (tertiary/aromatic N) is 2. The van der Waals surface area contributed by atoms with Gasteiger partial charge in [-0.05, 0) is 19.8 Å². The summed E-state index contributed by atoms with van der Waals surface area (Å²) in [4.78, 5) is 59.7. The third kappa shape index (κ3) is 4.03. The van der Waals surface area contributed by atoms with Crippen molar-refractivity contribution in [2.45, 2.75) is 39.7 Å². The number of hydrogen-bond donors (Lipinski definition) is 2. The highest BCUT2D eigenvalue weighted by Crippen LogP contribution is 2.11. The molecule has 0 radical (unpaired) electrons. The van der Waals surface area contributed by atoms with Gasteiger partial charge in [0.2, 0.25) is 5.91 Å². The Bertz CT molecular complexity index is 505. The quantitative estimate of drug-likeness (QED) is 0.521. The SMILES string of the molecule is CCCN1C(=O)C(=O)N(CC(=O)NC(=O)N[C@@H](C)CC)C1=O. The molecule has 1 atom stereocenters. The fourth-order valence-corrected chi connectivity index (χ4v) is 1.78. The van der Waals surface area contributed by atoms with Gasteiger partial charge in [-0.25, -0.2) is 14.5 Å². The first-order chi connectivity index (χ1) is 10.3. The summed E-state index contributed by atoms with van der Waals surface area (Å²) in [5, 5.41) is 4.52. The summed E-state index contributed by atoms with van der Waals surface area (Å²) in [6.07, 6.45) is 1.19. The van der Waals surface area contributed by atoms with Gasteiger partial charge in [0.05, 0.1) is 0 Å². The highest BCUT2D eigenvalue weighted by Gasteiger charge is 2.44. The smallest absolute Gasteiger partial charge is 0.334 e. The van der Waals surface area contributed by atoms with E-state index in [4.69, 9.17) is 0 Å². The normalized spacial score (nSPS) is 16.0. The molecule has 0 aromatic heterocycles. The lowest BCUT2D eigenvalue weighted by Crippen LogP contribution is -2.48. The van der Waals surface area contributed by atoms with Crippen LogP contribution in [-0.4, -0.2) is 58.7 Å². The third-order valence-electron chi connectivity index (χ3n) is 3.13. The van der Waals surface area contributed by atoms with Crippen LogP contribution in [0.25, 0.3) is 0 Å². The molecule has 122 valence electrons. The molecule has 0 unspecified atom stereocenters. The maximum Gasteiger partial charge on any atom is 0.334 e. The van der Waals surface area contributed by atoms with E-state index in [9.17, 15) is 24.0 Å². The first-order valence-electron chi connectivity index (χ1n) is 7.09. The maximum absolute atomic E-state index is 11.9. The number of amides is 7. The molecule has 0 aromatic carbocycles. The molecule has 1 heterocycles. The van der Waals surface area contributed by atoms with Gasteiger partial charge in [0, 0.05) is 12.6 Å². The predicted octanol–water partition coefficient (Wildman–Crippen LogP) is -0.188. The van der Waals surface area contributed by atoms with Crippen molar-refractivity contribution < 1.29 is 24.0 Å². The maximum atomic E-state index is 11.9. The second-order valence-electron chi connectivity index (χ2n) is 4.96. The topological polar surface area (TPSA) is 116 Å². The summed E-state index contributed by atoms with van der Waals surface area (Å²) in [6, 6.07) is -1.67. The number of carbonyl (C=O) groups excluding carboxylic acids is 5. The lowest BCUT2D eigenvalue weighted by Gasteiger charge is -2.15. The first-order valence-corrected chi connectivity index (χ1v) is 7.09. The van der Waals surface area contributed by atoms with Gasteiger partial charge in [-0.2, -0.15) is 0 Å². The van der Waals surface area contributed by atoms with Crippen LogP contribution in [-0.2, 0) is 14.4 Å². The zero-order chi connectivity index (χ0) is 16.9. The number of urea groups is 2. The summed E-state index contributed by atoms with van der Waals surface area (Å²) in [6.45, 7) is 4.81. The van der Waals surface area contributed by atoms with E-state index < -0.39 is 36.3 Å². The Kier molecular flexibility index (Phi) is 6.02. The van der Waals surface area contributed by atoms with E-state index in [-0.39, 0.29) is 12.6 Å². The Balaban J connectivity index is 2.61. The van der Waals surface area contributed by atoms with Gasteiger partial charge in [0.25, 0.3) is 0 Å². The van der Waals surface area contributed by atoms with Crippen LogP contribution in [0.15, 0.2) is 0 Å². The van der Waals surface area contributed by atoms with Crippen molar-refractivity contribution in [3.63, 3.8) is 0 Å². The summed E-state index contributed by atoms with van der Waals surface area (Å²) in [5.41, 5.74) is 0. The number of nitrogens with one attached hydrogen (secondary N) is 2. The molecular weight excluding hydrogens is 292 g/mol. The molecule has 0 spiro atoms. The van der Waals surface area contributed by atoms with Crippen LogP contribution >= 0.6 is 0 Å². The zero-order valence-electron chi connectivity index (χ0n) is 12.8. The minimum absolute atomic E-state index is 0.107. The monoisotopic (exact) mass is 312 g/mol. The second-order valence-corrected chi connectivity index (χ2v) is 4.96. The van der Waals surface area contributed by atoms with Gasteiger partial charge in [-0.15, -0.1) is 0 Å². The lowest BCUT2D eigenvalue weighted by atomic mass is 10.3. The van der Waals surface area contributed by atoms with Crippen molar-refractivity contribution in [2.75, 3.05) is 13.1 Å². The summed E-state index contributed by atoms with van der Waals surface area (Å²) in [7, 11) is 0. The highest BCUT2D eigenvalue weighted by molar-refractivity contribution is 6.45. The standard InChI is InChI=1S/C13H20N4O5/c1-4-6-16-10(19)11(20)17(13(16)22)7-9(18)15-12(21)14-8(3)5-2/h8H,4-7H2,1-3H3,(H2,14,15,18,21)/t8-/m0/s1. The summed E-state index contributed by atoms with van der Waals surface area (Å²) < 4.78 is 0. The molecule has 1 saturated heterocycles. The minimum Gasteiger partial charge on any atom is -0.335 e. The Morgan fingerprint density at radius 2 is 1.68 bits per heavy atom. The van der Waals surface area contributed by atoms with E-state index in [1.54, 1.807) is 13.8 Å². The second kappa shape index (κ2) is 7.53. The third-order valence-corrected chi connectivity index (χ3v) is 3.13.